The van der Waals surface area contributed by atoms with Crippen molar-refractivity contribution >= 4 is 11.8 Å². The summed E-state index contributed by atoms with van der Waals surface area (Å²) in [6.45, 7) is 0. The number of carboxylic acids is 1. The van der Waals surface area contributed by atoms with E-state index >= 15 is 0 Å². The van der Waals surface area contributed by atoms with E-state index < -0.39 is 11.6 Å². The van der Waals surface area contributed by atoms with Crippen LogP contribution in [0.2, 0.25) is 0 Å². The van der Waals surface area contributed by atoms with Gasteiger partial charge in [0.1, 0.15) is 0 Å². The number of carbonyl (C=O) groups is 2. The molecule has 13 heavy (non-hydrogen) atoms. The topological polar surface area (TPSA) is 63.6 Å². The van der Waals surface area contributed by atoms with Gasteiger partial charge in [0.15, 0.2) is 5.60 Å². The molecule has 1 spiro atoms. The van der Waals surface area contributed by atoms with Crippen molar-refractivity contribution in [2.45, 2.75) is 31.3 Å². The van der Waals surface area contributed by atoms with Gasteiger partial charge in [0.05, 0.1) is 0 Å². The van der Waals surface area contributed by atoms with Gasteiger partial charge in [-0.15, -0.1) is 0 Å². The maximum atomic E-state index is 11.4. The maximum Gasteiger partial charge on any atom is 0.371 e. The van der Waals surface area contributed by atoms with Crippen molar-refractivity contribution in [3.8, 4) is 0 Å². The lowest BCUT2D eigenvalue weighted by Gasteiger charge is -2.21. The highest BCUT2D eigenvalue weighted by atomic mass is 16.5. The molecule has 1 N–H and O–H groups in total. The normalized spacial score (nSPS) is 24.6. The van der Waals surface area contributed by atoms with Crippen LogP contribution in [0.1, 0.15) is 25.7 Å². The van der Waals surface area contributed by atoms with Gasteiger partial charge >= 0.3 is 5.97 Å². The molecule has 2 aliphatic rings. The molecule has 0 aromatic heterocycles. The summed E-state index contributed by atoms with van der Waals surface area (Å²) in [7, 11) is 0. The van der Waals surface area contributed by atoms with Crippen molar-refractivity contribution in [2.24, 2.45) is 0 Å². The molecule has 4 nitrogen and oxygen atoms in total. The van der Waals surface area contributed by atoms with Gasteiger partial charge in [0.25, 0.3) is 0 Å². The van der Waals surface area contributed by atoms with E-state index in [0.717, 1.165) is 18.9 Å². The quantitative estimate of drug-likeness (QED) is 0.653. The smallest absolute Gasteiger partial charge is 0.371 e. The van der Waals surface area contributed by atoms with E-state index in [-0.39, 0.29) is 11.5 Å². The number of carboxylic acid groups (broad SMARTS) is 1. The van der Waals surface area contributed by atoms with Crippen molar-refractivity contribution < 1.29 is 19.4 Å². The van der Waals surface area contributed by atoms with Gasteiger partial charge in [0.2, 0.25) is 11.5 Å². The minimum Gasteiger partial charge on any atom is -0.475 e. The molecular formula is C9H10O4. The molecule has 1 aliphatic carbocycles. The first-order chi connectivity index (χ1) is 6.14. The second-order valence-electron chi connectivity index (χ2n) is 3.48. The Morgan fingerprint density at radius 1 is 1.46 bits per heavy atom. The van der Waals surface area contributed by atoms with E-state index in [9.17, 15) is 9.59 Å². The van der Waals surface area contributed by atoms with Crippen LogP contribution >= 0.6 is 0 Å². The predicted octanol–water partition coefficient (Wildman–Crippen LogP) is 0.867. The molecule has 0 saturated heterocycles. The second kappa shape index (κ2) is 2.58. The molecular weight excluding hydrogens is 172 g/mol. The summed E-state index contributed by atoms with van der Waals surface area (Å²) in [6.07, 6.45) is 4.28. The van der Waals surface area contributed by atoms with Crippen molar-refractivity contribution in [1.82, 2.24) is 0 Å². The van der Waals surface area contributed by atoms with Gasteiger partial charge in [-0.3, -0.25) is 4.79 Å². The molecule has 0 atom stereocenters. The highest BCUT2D eigenvalue weighted by molar-refractivity contribution is 6.05. The SMILES string of the molecule is O=C(O)C1=CC(=O)C2(CCCC2)O1. The lowest BCUT2D eigenvalue weighted by molar-refractivity contribution is -0.141. The van der Waals surface area contributed by atoms with Crippen LogP contribution in [0, 0.1) is 0 Å². The van der Waals surface area contributed by atoms with Gasteiger partial charge in [0, 0.05) is 6.08 Å². The first-order valence-corrected chi connectivity index (χ1v) is 4.32. The molecule has 1 aliphatic heterocycles. The molecule has 2 rings (SSSR count). The van der Waals surface area contributed by atoms with E-state index in [2.05, 4.69) is 0 Å². The summed E-state index contributed by atoms with van der Waals surface area (Å²) >= 11 is 0. The van der Waals surface area contributed by atoms with Crippen LogP contribution in [0.25, 0.3) is 0 Å². The van der Waals surface area contributed by atoms with Gasteiger partial charge in [-0.25, -0.2) is 4.79 Å². The molecule has 0 bridgehead atoms. The summed E-state index contributed by atoms with van der Waals surface area (Å²) in [5, 5.41) is 8.63. The molecule has 70 valence electrons. The number of rotatable bonds is 1. The predicted molar refractivity (Wildman–Crippen MR) is 43.0 cm³/mol. The van der Waals surface area contributed by atoms with Crippen molar-refractivity contribution in [2.75, 3.05) is 0 Å². The summed E-state index contributed by atoms with van der Waals surface area (Å²) in [5.41, 5.74) is -0.812. The number of ether oxygens (including phenoxy) is 1. The molecule has 4 heteroatoms. The zero-order chi connectivity index (χ0) is 9.47. The molecule has 1 saturated carbocycles. The number of aliphatic carboxylic acids is 1. The third-order valence-corrected chi connectivity index (χ3v) is 2.64. The Morgan fingerprint density at radius 2 is 2.08 bits per heavy atom. The fourth-order valence-corrected chi connectivity index (χ4v) is 1.94. The Bertz CT molecular complexity index is 297. The Kier molecular flexibility index (Phi) is 1.65. The van der Waals surface area contributed by atoms with E-state index in [1.807, 2.05) is 0 Å². The van der Waals surface area contributed by atoms with Crippen LogP contribution in [-0.4, -0.2) is 22.5 Å². The van der Waals surface area contributed by atoms with Crippen LogP contribution in [0.15, 0.2) is 11.8 Å². The van der Waals surface area contributed by atoms with Gasteiger partial charge < -0.3 is 9.84 Å². The van der Waals surface area contributed by atoms with Gasteiger partial charge in [-0.2, -0.15) is 0 Å². The van der Waals surface area contributed by atoms with Crippen LogP contribution in [0.5, 0.6) is 0 Å². The minimum atomic E-state index is -1.16. The molecule has 0 aromatic carbocycles. The third kappa shape index (κ3) is 1.13. The summed E-state index contributed by atoms with van der Waals surface area (Å²) in [4.78, 5) is 22.0. The highest BCUT2D eigenvalue weighted by Crippen LogP contribution is 2.39. The minimum absolute atomic E-state index is 0.178. The van der Waals surface area contributed by atoms with Gasteiger partial charge in [-0.05, 0) is 25.7 Å². The van der Waals surface area contributed by atoms with Crippen LogP contribution < -0.4 is 0 Å². The standard InChI is InChI=1S/C9H10O4/c10-7-5-6(8(11)12)13-9(7)3-1-2-4-9/h5H,1-4H2,(H,11,12). The third-order valence-electron chi connectivity index (χ3n) is 2.64. The molecule has 0 radical (unpaired) electrons. The van der Waals surface area contributed by atoms with Crippen molar-refractivity contribution in [3.63, 3.8) is 0 Å². The Hall–Kier alpha value is -1.32. The van der Waals surface area contributed by atoms with Crippen molar-refractivity contribution in [1.29, 1.82) is 0 Å². The van der Waals surface area contributed by atoms with E-state index in [0.29, 0.717) is 12.8 Å². The Labute approximate surface area is 75.2 Å². The summed E-state index contributed by atoms with van der Waals surface area (Å²) in [6, 6.07) is 0. The fourth-order valence-electron chi connectivity index (χ4n) is 1.94. The number of hydrogen-bond acceptors (Lipinski definition) is 3. The average Bonchev–Trinajstić information content (AvgIpc) is 2.63. The van der Waals surface area contributed by atoms with Crippen LogP contribution in [-0.2, 0) is 14.3 Å². The van der Waals surface area contributed by atoms with Crippen molar-refractivity contribution in [3.05, 3.63) is 11.8 Å². The first-order valence-electron chi connectivity index (χ1n) is 4.32. The van der Waals surface area contributed by atoms with Crippen LogP contribution in [0.3, 0.4) is 0 Å². The van der Waals surface area contributed by atoms with E-state index in [1.165, 1.54) is 0 Å². The lowest BCUT2D eigenvalue weighted by atomic mass is 9.98. The number of carbonyl (C=O) groups excluding carboxylic acids is 1. The zero-order valence-corrected chi connectivity index (χ0v) is 7.08. The number of hydrogen-bond donors (Lipinski definition) is 1. The fraction of sp³-hybridized carbons (Fsp3) is 0.556. The van der Waals surface area contributed by atoms with E-state index in [4.69, 9.17) is 9.84 Å². The maximum absolute atomic E-state index is 11.4. The molecule has 1 fully saturated rings. The molecule has 0 aromatic rings. The first kappa shape index (κ1) is 8.29. The Morgan fingerprint density at radius 3 is 2.54 bits per heavy atom. The Balaban J connectivity index is 2.23. The van der Waals surface area contributed by atoms with E-state index in [1.54, 1.807) is 0 Å². The largest absolute Gasteiger partial charge is 0.475 e. The zero-order valence-electron chi connectivity index (χ0n) is 7.08. The van der Waals surface area contributed by atoms with Gasteiger partial charge in [-0.1, -0.05) is 0 Å². The lowest BCUT2D eigenvalue weighted by Crippen LogP contribution is -2.33. The monoisotopic (exact) mass is 182 g/mol. The highest BCUT2D eigenvalue weighted by Gasteiger charge is 2.47. The number of ketones is 1. The summed E-state index contributed by atoms with van der Waals surface area (Å²) < 4.78 is 5.20. The molecule has 0 unspecified atom stereocenters. The average molecular weight is 182 g/mol. The van der Waals surface area contributed by atoms with Crippen LogP contribution in [0.4, 0.5) is 0 Å². The molecule has 1 heterocycles. The summed E-state index contributed by atoms with van der Waals surface area (Å²) in [5.74, 6) is -1.54. The molecule has 0 amide bonds. The second-order valence-corrected chi connectivity index (χ2v) is 3.48.